The van der Waals surface area contributed by atoms with E-state index in [-0.39, 0.29) is 114 Å². The summed E-state index contributed by atoms with van der Waals surface area (Å²) < 4.78 is 151. The van der Waals surface area contributed by atoms with Gasteiger partial charge in [-0.1, -0.05) is 0 Å². The van der Waals surface area contributed by atoms with Crippen molar-refractivity contribution in [1.29, 1.82) is 0 Å². The first-order chi connectivity index (χ1) is 39.0. The molecule has 0 radical (unpaired) electrons. The summed E-state index contributed by atoms with van der Waals surface area (Å²) in [7, 11) is -4.96. The van der Waals surface area contributed by atoms with Gasteiger partial charge in [0.15, 0.2) is 29.5 Å². The maximum Gasteiger partial charge on any atom is 0.306 e. The summed E-state index contributed by atoms with van der Waals surface area (Å²) in [5.74, 6) is 1.93. The lowest BCUT2D eigenvalue weighted by atomic mass is 9.89. The quantitative estimate of drug-likeness (QED) is 0.0711. The summed E-state index contributed by atoms with van der Waals surface area (Å²) in [6.45, 7) is 5.53. The summed E-state index contributed by atoms with van der Waals surface area (Å²) >= 11 is 0. The smallest absolute Gasteiger partial charge is 0.306 e. The molecule has 0 heterocycles. The third kappa shape index (κ3) is 24.8. The first-order valence-corrected chi connectivity index (χ1v) is 32.9. The Kier molecular flexibility index (Phi) is 29.6. The Bertz CT molecular complexity index is 2680. The number of nitrogens with two attached hydrogens (primary N) is 2. The third-order valence-corrected chi connectivity index (χ3v) is 20.3. The van der Waals surface area contributed by atoms with Crippen molar-refractivity contribution < 1.29 is 76.4 Å². The highest BCUT2D eigenvalue weighted by atomic mass is 32.2. The Hall–Kier alpha value is -4.81. The van der Waals surface area contributed by atoms with E-state index >= 15 is 0 Å². The first-order valence-electron chi connectivity index (χ1n) is 27.9. The van der Waals surface area contributed by atoms with Crippen LogP contribution >= 0.6 is 0 Å². The van der Waals surface area contributed by atoms with Crippen LogP contribution in [0.1, 0.15) is 111 Å². The lowest BCUT2D eigenvalue weighted by molar-refractivity contribution is -0.154. The number of methoxy groups -OCH3 is 3. The van der Waals surface area contributed by atoms with E-state index < -0.39 is 41.1 Å². The van der Waals surface area contributed by atoms with Gasteiger partial charge in [0.2, 0.25) is 0 Å². The zero-order chi connectivity index (χ0) is 60.4. The Labute approximate surface area is 485 Å². The van der Waals surface area contributed by atoms with Gasteiger partial charge in [-0.05, 0) is 200 Å². The number of rotatable bonds is 26. The molecule has 0 atom stereocenters. The number of hydrogen-bond acceptors (Lipinski definition) is 16. The van der Waals surface area contributed by atoms with Crippen molar-refractivity contribution in [3.63, 3.8) is 0 Å². The molecule has 3 aromatic carbocycles. The van der Waals surface area contributed by atoms with Gasteiger partial charge in [-0.15, -0.1) is 0 Å². The van der Waals surface area contributed by atoms with Gasteiger partial charge in [0.05, 0.1) is 69.2 Å². The maximum absolute atomic E-state index is 13.2. The molecule has 4 N–H and O–H groups in total. The molecule has 16 nitrogen and oxygen atoms in total. The lowest BCUT2D eigenvalue weighted by Crippen LogP contribution is -2.25. The number of carbonyl (C=O) groups excluding carboxylic acids is 1. The average molecular weight is 1210 g/mol. The van der Waals surface area contributed by atoms with E-state index in [2.05, 4.69) is 0 Å². The zero-order valence-corrected chi connectivity index (χ0v) is 50.9. The molecule has 0 saturated heterocycles. The summed E-state index contributed by atoms with van der Waals surface area (Å²) in [6, 6.07) is 18.6. The molecule has 0 aliphatic heterocycles. The van der Waals surface area contributed by atoms with E-state index in [0.29, 0.717) is 53.0 Å². The monoisotopic (exact) mass is 1210 g/mol. The highest BCUT2D eigenvalue weighted by molar-refractivity contribution is 7.92. The van der Waals surface area contributed by atoms with Crippen molar-refractivity contribution in [1.82, 2.24) is 0 Å². The van der Waals surface area contributed by atoms with Crippen molar-refractivity contribution in [2.45, 2.75) is 149 Å². The second-order valence-corrected chi connectivity index (χ2v) is 28.2. The molecular formula is C60H87F3N2O14S3. The minimum Gasteiger partial charge on any atom is -0.489 e. The largest absolute Gasteiger partial charge is 0.489 e. The standard InChI is InChI=1S/C24H35FO6S.2C18H26FNO4S/c1-24(2,3)31-23(26)14-7-19(15-25)16-30-21-10-12-22(13-11-21)32(27,28)17-18-5-8-20(29-4)9-6-18;2*1-23-16-4-2-14(3-5-16)13-25(21,22)18-8-6-17(7-9-18)24-12-15(10-19)11-20/h10-13,15,18,20H,5-9,14,16-17H2,1-4H3;2*6-10,14,16H,2-5,11-13,20H2,1H3/b19-15+;2*15-10+. The van der Waals surface area contributed by atoms with E-state index in [4.69, 9.17) is 44.6 Å². The molecular weight excluding hydrogens is 1130 g/mol. The van der Waals surface area contributed by atoms with E-state index in [9.17, 15) is 43.2 Å². The van der Waals surface area contributed by atoms with Crippen molar-refractivity contribution in [3.05, 3.63) is 109 Å². The molecule has 3 aliphatic rings. The van der Waals surface area contributed by atoms with Gasteiger partial charge in [-0.2, -0.15) is 0 Å². The number of benzene rings is 3. The van der Waals surface area contributed by atoms with Crippen molar-refractivity contribution >= 4 is 35.5 Å². The summed E-state index contributed by atoms with van der Waals surface area (Å²) in [5.41, 5.74) is 11.1. The number of hydrogen-bond donors (Lipinski definition) is 2. The Morgan fingerprint density at radius 1 is 0.463 bits per heavy atom. The van der Waals surface area contributed by atoms with Crippen LogP contribution in [-0.2, 0) is 53.3 Å². The number of carbonyl (C=O) groups is 1. The maximum atomic E-state index is 13.2. The van der Waals surface area contributed by atoms with Crippen molar-refractivity contribution in [3.8, 4) is 17.2 Å². The van der Waals surface area contributed by atoms with Gasteiger partial charge in [0.1, 0.15) is 42.7 Å². The molecule has 3 aromatic rings. The molecule has 82 heavy (non-hydrogen) atoms. The predicted octanol–water partition coefficient (Wildman–Crippen LogP) is 10.7. The Morgan fingerprint density at radius 2 is 0.732 bits per heavy atom. The summed E-state index contributed by atoms with van der Waals surface area (Å²) in [4.78, 5) is 12.6. The molecule has 3 fully saturated rings. The number of halogens is 3. The molecule has 6 rings (SSSR count). The molecule has 0 unspecified atom stereocenters. The van der Waals surface area contributed by atoms with Gasteiger partial charge in [0.25, 0.3) is 0 Å². The van der Waals surface area contributed by atoms with Crippen molar-refractivity contribution in [2.24, 2.45) is 29.2 Å². The number of esters is 1. The van der Waals surface area contributed by atoms with Crippen LogP contribution in [0.15, 0.2) is 123 Å². The fourth-order valence-electron chi connectivity index (χ4n) is 9.66. The molecule has 460 valence electrons. The minimum absolute atomic E-state index is 0.0336. The average Bonchev–Trinajstić information content (AvgIpc) is 3.68. The molecule has 3 aliphatic carbocycles. The number of ether oxygens (including phenoxy) is 7. The van der Waals surface area contributed by atoms with Crippen molar-refractivity contribution in [2.75, 3.05) is 71.5 Å². The topological polar surface area (TPSA) is 236 Å². The molecule has 0 bridgehead atoms. The zero-order valence-electron chi connectivity index (χ0n) is 48.4. The Balaban J connectivity index is 0.000000267. The third-order valence-electron chi connectivity index (χ3n) is 14.6. The van der Waals surface area contributed by atoms with Crippen LogP contribution in [-0.4, -0.2) is 127 Å². The number of sulfone groups is 3. The van der Waals surface area contributed by atoms with Crippen LogP contribution in [0.3, 0.4) is 0 Å². The van der Waals surface area contributed by atoms with Gasteiger partial charge in [-0.25, -0.2) is 38.4 Å². The highest BCUT2D eigenvalue weighted by Crippen LogP contribution is 2.32. The van der Waals surface area contributed by atoms with E-state index in [1.54, 1.807) is 78.5 Å². The molecule has 3 saturated carbocycles. The Morgan fingerprint density at radius 3 is 0.963 bits per heavy atom. The molecule has 0 spiro atoms. The predicted molar refractivity (Wildman–Crippen MR) is 311 cm³/mol. The molecule has 22 heteroatoms. The highest BCUT2D eigenvalue weighted by Gasteiger charge is 2.30. The van der Waals surface area contributed by atoms with Crippen LogP contribution in [0.2, 0.25) is 0 Å². The van der Waals surface area contributed by atoms with Gasteiger partial charge in [-0.3, -0.25) is 4.79 Å². The minimum atomic E-state index is -3.39. The lowest BCUT2D eigenvalue weighted by Gasteiger charge is -2.27. The van der Waals surface area contributed by atoms with Crippen LogP contribution in [0.5, 0.6) is 17.2 Å². The van der Waals surface area contributed by atoms with E-state index in [0.717, 1.165) is 77.0 Å². The van der Waals surface area contributed by atoms with E-state index in [1.165, 1.54) is 36.4 Å². The van der Waals surface area contributed by atoms with Gasteiger partial charge < -0.3 is 44.6 Å². The van der Waals surface area contributed by atoms with Crippen LogP contribution in [0.4, 0.5) is 13.2 Å². The van der Waals surface area contributed by atoms with Gasteiger partial charge in [0, 0.05) is 52.0 Å². The second-order valence-electron chi connectivity index (χ2n) is 22.1. The first kappa shape index (κ1) is 69.7. The van der Waals surface area contributed by atoms with Gasteiger partial charge >= 0.3 is 5.97 Å². The second kappa shape index (κ2) is 34.8. The van der Waals surface area contributed by atoms with E-state index in [1.807, 2.05) is 0 Å². The normalized spacial score (nSPS) is 21.2. The summed E-state index contributed by atoms with van der Waals surface area (Å²) in [6.07, 6.45) is 12.9. The molecule has 0 aromatic heterocycles. The summed E-state index contributed by atoms with van der Waals surface area (Å²) in [5, 5.41) is 0. The van der Waals surface area contributed by atoms with Crippen LogP contribution in [0, 0.1) is 17.8 Å². The van der Waals surface area contributed by atoms with Crippen LogP contribution in [0.25, 0.3) is 0 Å². The van der Waals surface area contributed by atoms with Crippen LogP contribution < -0.4 is 25.7 Å². The molecule has 0 amide bonds. The SMILES string of the molecule is COC1CCC(CS(=O)(=O)c2ccc(OC/C(=C/F)CCC(=O)OC(C)(C)C)cc2)CC1.COC1CCC(CS(=O)(=O)c2ccc(OC/C(=C/F)CN)cc2)CC1.COC1CCC(CS(=O)(=O)c2ccc(OC/C(=C/F)CN)cc2)CC1. The fraction of sp³-hybridized carbons (Fsp3) is 0.583. The fourth-order valence-corrected chi connectivity index (χ4v) is 14.8.